The van der Waals surface area contributed by atoms with Crippen LogP contribution in [0.4, 0.5) is 0 Å². The van der Waals surface area contributed by atoms with E-state index in [0.29, 0.717) is 0 Å². The van der Waals surface area contributed by atoms with Crippen molar-refractivity contribution in [3.8, 4) is 16.9 Å². The summed E-state index contributed by atoms with van der Waals surface area (Å²) in [6.07, 6.45) is 2.04. The molecule has 0 saturated heterocycles. The average molecular weight is 390 g/mol. The van der Waals surface area contributed by atoms with Gasteiger partial charge in [0.05, 0.1) is 0 Å². The van der Waals surface area contributed by atoms with E-state index in [4.69, 9.17) is 4.74 Å². The number of fused-ring (bicyclic) bond motifs is 1. The van der Waals surface area contributed by atoms with Gasteiger partial charge >= 0.3 is 154 Å². The average Bonchev–Trinajstić information content (AvgIpc) is 2.69. The van der Waals surface area contributed by atoms with E-state index in [0.717, 1.165) is 11.3 Å². The summed E-state index contributed by atoms with van der Waals surface area (Å²) < 4.78 is 7.95. The topological polar surface area (TPSA) is 22.1 Å². The predicted molar refractivity (Wildman–Crippen MR) is 105 cm³/mol. The molecule has 25 heavy (non-hydrogen) atoms. The van der Waals surface area contributed by atoms with E-state index in [1.807, 2.05) is 24.4 Å². The van der Waals surface area contributed by atoms with E-state index in [-0.39, 0.29) is 15.0 Å². The molecule has 0 amide bonds. The number of rotatable bonds is 4. The molecule has 0 aliphatic rings. The van der Waals surface area contributed by atoms with E-state index >= 15 is 0 Å². The molecule has 4 aromatic rings. The molecule has 0 unspecified atom stereocenters. The van der Waals surface area contributed by atoms with Crippen LogP contribution in [0.5, 0.6) is 5.75 Å². The quantitative estimate of drug-likeness (QED) is 0.497. The van der Waals surface area contributed by atoms with Crippen molar-refractivity contribution in [1.82, 2.24) is 4.98 Å². The van der Waals surface area contributed by atoms with E-state index < -0.39 is 0 Å². The first-order valence-electron chi connectivity index (χ1n) is 8.10. The maximum absolute atomic E-state index is 5.31. The Bertz CT molecular complexity index is 997. The minimum atomic E-state index is 0.202. The third-order valence-electron chi connectivity index (χ3n) is 4.09. The number of aromatic nitrogens is 1. The Kier molecular flexibility index (Phi) is 4.51. The van der Waals surface area contributed by atoms with Crippen LogP contribution >= 0.6 is 0 Å². The summed E-state index contributed by atoms with van der Waals surface area (Å²) in [5.41, 5.74) is 3.50. The van der Waals surface area contributed by atoms with E-state index in [9.17, 15) is 0 Å². The Hall–Kier alpha value is -2.61. The molecule has 4 rings (SSSR count). The Morgan fingerprint density at radius 2 is 1.52 bits per heavy atom. The van der Waals surface area contributed by atoms with Crippen molar-refractivity contribution in [3.63, 3.8) is 0 Å². The van der Waals surface area contributed by atoms with Gasteiger partial charge < -0.3 is 0 Å². The summed E-state index contributed by atoms with van der Waals surface area (Å²) in [7, 11) is 1.70. The molecule has 0 radical (unpaired) electrons. The summed E-state index contributed by atoms with van der Waals surface area (Å²) in [6, 6.07) is 27.3. The molecule has 0 saturated carbocycles. The van der Waals surface area contributed by atoms with Crippen molar-refractivity contribution in [3.05, 3.63) is 85.1 Å². The van der Waals surface area contributed by atoms with Crippen LogP contribution in [0.15, 0.2) is 85.1 Å². The summed E-state index contributed by atoms with van der Waals surface area (Å²) in [5.74, 6) is 0.872. The van der Waals surface area contributed by atoms with Gasteiger partial charge in [0.1, 0.15) is 0 Å². The molecule has 122 valence electrons. The van der Waals surface area contributed by atoms with Gasteiger partial charge in [-0.25, -0.2) is 0 Å². The molecule has 3 aromatic carbocycles. The van der Waals surface area contributed by atoms with Crippen LogP contribution in [0.3, 0.4) is 0 Å². The fourth-order valence-corrected chi connectivity index (χ4v) is 4.93. The fourth-order valence-electron chi connectivity index (χ4n) is 2.87. The Morgan fingerprint density at radius 1 is 0.800 bits per heavy atom. The van der Waals surface area contributed by atoms with Gasteiger partial charge in [-0.15, -0.1) is 0 Å². The molecule has 0 atom stereocenters. The van der Waals surface area contributed by atoms with E-state index in [1.54, 1.807) is 7.11 Å². The van der Waals surface area contributed by atoms with Crippen LogP contribution in [-0.4, -0.2) is 27.1 Å². The number of nitrogens with zero attached hydrogens (tertiary/aromatic N) is 1. The van der Waals surface area contributed by atoms with Crippen molar-refractivity contribution in [1.29, 1.82) is 0 Å². The van der Waals surface area contributed by atoms with Crippen molar-refractivity contribution < 1.29 is 4.74 Å². The molecule has 3 heteroatoms. The van der Waals surface area contributed by atoms with Gasteiger partial charge in [-0.1, -0.05) is 0 Å². The van der Waals surface area contributed by atoms with Crippen LogP contribution < -0.4 is 13.7 Å². The molecule has 1 aromatic heterocycles. The van der Waals surface area contributed by atoms with Crippen molar-refractivity contribution >= 4 is 34.8 Å². The normalized spacial score (nSPS) is 10.8. The molecule has 0 N–H and O–H groups in total. The maximum atomic E-state index is 5.31. The predicted octanol–water partition coefficient (Wildman–Crippen LogP) is 3.57. The Morgan fingerprint density at radius 3 is 2.28 bits per heavy atom. The summed E-state index contributed by atoms with van der Waals surface area (Å²) in [4.78, 5) is 4.69. The monoisotopic (exact) mass is 391 g/mol. The van der Waals surface area contributed by atoms with Gasteiger partial charge in [0, 0.05) is 0 Å². The third kappa shape index (κ3) is 3.30. The van der Waals surface area contributed by atoms with E-state index in [1.165, 1.54) is 25.4 Å². The van der Waals surface area contributed by atoms with Gasteiger partial charge in [-0.05, 0) is 0 Å². The number of benzene rings is 3. The first-order valence-corrected chi connectivity index (χ1v) is 9.81. The van der Waals surface area contributed by atoms with Crippen molar-refractivity contribution in [2.45, 2.75) is 0 Å². The molecule has 1 heterocycles. The molecule has 0 bridgehead atoms. The van der Waals surface area contributed by atoms with Crippen LogP contribution in [0, 0.1) is 0 Å². The molecule has 0 fully saturated rings. The third-order valence-corrected chi connectivity index (χ3v) is 6.27. The summed E-state index contributed by atoms with van der Waals surface area (Å²) in [5, 5.41) is 1.20. The Balaban J connectivity index is 1.89. The van der Waals surface area contributed by atoms with Gasteiger partial charge in [0.2, 0.25) is 0 Å². The zero-order valence-corrected chi connectivity index (χ0v) is 15.6. The first kappa shape index (κ1) is 15.9. The number of para-hydroxylation sites is 1. The van der Waals surface area contributed by atoms with Gasteiger partial charge in [0.15, 0.2) is 0 Å². The number of hydrogen-bond donors (Lipinski definition) is 0. The molecule has 0 aliphatic carbocycles. The van der Waals surface area contributed by atoms with Gasteiger partial charge in [0.25, 0.3) is 0 Å². The van der Waals surface area contributed by atoms with Crippen LogP contribution in [0.1, 0.15) is 0 Å². The standard InChI is InChI=1S/C22H17NOSe/c1-24-17-13-11-16(12-14-17)22-19-9-5-6-10-20(19)23-15-21(22)25-18-7-3-2-4-8-18/h2-15H,1H3. The van der Waals surface area contributed by atoms with Crippen LogP contribution in [0.25, 0.3) is 22.0 Å². The van der Waals surface area contributed by atoms with Crippen molar-refractivity contribution in [2.24, 2.45) is 0 Å². The second-order valence-electron chi connectivity index (χ2n) is 5.66. The van der Waals surface area contributed by atoms with Crippen molar-refractivity contribution in [2.75, 3.05) is 7.11 Å². The molecule has 0 aliphatic heterocycles. The minimum absolute atomic E-state index is 0.202. The number of hydrogen-bond acceptors (Lipinski definition) is 2. The van der Waals surface area contributed by atoms with Gasteiger partial charge in [-0.3, -0.25) is 0 Å². The first-order chi connectivity index (χ1) is 12.3. The van der Waals surface area contributed by atoms with E-state index in [2.05, 4.69) is 65.6 Å². The van der Waals surface area contributed by atoms with Crippen LogP contribution in [-0.2, 0) is 0 Å². The fraction of sp³-hybridized carbons (Fsp3) is 0.0455. The van der Waals surface area contributed by atoms with Crippen LogP contribution in [0.2, 0.25) is 0 Å². The number of ether oxygens (including phenoxy) is 1. The molecular formula is C22H17NOSe. The second kappa shape index (κ2) is 7.10. The zero-order valence-electron chi connectivity index (χ0n) is 13.8. The molecule has 2 nitrogen and oxygen atoms in total. The second-order valence-corrected chi connectivity index (χ2v) is 8.00. The molecular weight excluding hydrogens is 373 g/mol. The summed E-state index contributed by atoms with van der Waals surface area (Å²) in [6.45, 7) is 0. The molecule has 0 spiro atoms. The number of pyridine rings is 1. The SMILES string of the molecule is COc1ccc(-c2c([Se]c3ccccc3)cnc3ccccc23)cc1. The zero-order chi connectivity index (χ0) is 17.1. The van der Waals surface area contributed by atoms with Gasteiger partial charge in [-0.2, -0.15) is 0 Å². The Labute approximate surface area is 153 Å². The summed E-state index contributed by atoms with van der Waals surface area (Å²) >= 11 is 0.202. The number of methoxy groups -OCH3 is 1.